The first kappa shape index (κ1) is 21.5. The Bertz CT molecular complexity index is 617. The number of hydrogen-bond acceptors (Lipinski definition) is 4. The minimum Gasteiger partial charge on any atom is -0.493 e. The van der Waals surface area contributed by atoms with E-state index in [4.69, 9.17) is 4.74 Å². The van der Waals surface area contributed by atoms with Crippen LogP contribution in [0.15, 0.2) is 24.3 Å². The fourth-order valence-corrected chi connectivity index (χ4v) is 2.33. The quantitative estimate of drug-likeness (QED) is 0.618. The summed E-state index contributed by atoms with van der Waals surface area (Å²) < 4.78 is 5.44. The summed E-state index contributed by atoms with van der Waals surface area (Å²) in [6, 6.07) is 7.08. The van der Waals surface area contributed by atoms with Crippen LogP contribution in [0.1, 0.15) is 44.0 Å². The van der Waals surface area contributed by atoms with Gasteiger partial charge in [-0.15, -0.1) is 0 Å². The Balaban J connectivity index is 2.36. The lowest BCUT2D eigenvalue weighted by atomic mass is 10.2. The number of likely N-dealkylation sites (N-methyl/N-ethyl adjacent to an activating group) is 1. The number of nitrogens with zero attached hydrogens (tertiary/aromatic N) is 1. The van der Waals surface area contributed by atoms with Gasteiger partial charge in [-0.05, 0) is 39.3 Å². The Morgan fingerprint density at radius 3 is 2.54 bits per heavy atom. The highest BCUT2D eigenvalue weighted by molar-refractivity contribution is 5.96. The first-order valence-corrected chi connectivity index (χ1v) is 8.88. The Morgan fingerprint density at radius 1 is 1.19 bits per heavy atom. The van der Waals surface area contributed by atoms with Gasteiger partial charge in [0.2, 0.25) is 11.8 Å². The van der Waals surface area contributed by atoms with E-state index >= 15 is 0 Å². The standard InChI is InChI=1S/C19H29N3O4/c1-5-26-16-10-7-6-9-15(16)19(25)20-12-8-11-18(24)22(4)13-17(23)21-14(2)3/h6-7,9-10,14H,5,8,11-13H2,1-4H3,(H,20,25)(H,21,23). The molecule has 7 heteroatoms. The molecule has 144 valence electrons. The third-order valence-electron chi connectivity index (χ3n) is 3.54. The van der Waals surface area contributed by atoms with Crippen LogP contribution in [0.4, 0.5) is 0 Å². The molecule has 0 spiro atoms. The van der Waals surface area contributed by atoms with E-state index in [0.29, 0.717) is 30.9 Å². The second-order valence-corrected chi connectivity index (χ2v) is 6.26. The predicted octanol–water partition coefficient (Wildman–Crippen LogP) is 1.58. The van der Waals surface area contributed by atoms with E-state index in [1.807, 2.05) is 26.8 Å². The molecule has 0 unspecified atom stereocenters. The lowest BCUT2D eigenvalue weighted by Gasteiger charge is -2.18. The molecule has 1 rings (SSSR count). The van der Waals surface area contributed by atoms with Gasteiger partial charge < -0.3 is 20.3 Å². The number of ether oxygens (including phenoxy) is 1. The molecule has 0 aliphatic rings. The SMILES string of the molecule is CCOc1ccccc1C(=O)NCCCC(=O)N(C)CC(=O)NC(C)C. The van der Waals surface area contributed by atoms with Gasteiger partial charge in [0.1, 0.15) is 5.75 Å². The maximum Gasteiger partial charge on any atom is 0.255 e. The molecule has 1 aromatic rings. The van der Waals surface area contributed by atoms with E-state index < -0.39 is 0 Å². The second kappa shape index (κ2) is 11.1. The summed E-state index contributed by atoms with van der Waals surface area (Å²) in [5.41, 5.74) is 0.475. The van der Waals surface area contributed by atoms with Crippen LogP contribution < -0.4 is 15.4 Å². The summed E-state index contributed by atoms with van der Waals surface area (Å²) in [6.45, 7) is 6.48. The zero-order chi connectivity index (χ0) is 19.5. The second-order valence-electron chi connectivity index (χ2n) is 6.26. The highest BCUT2D eigenvalue weighted by Gasteiger charge is 2.14. The summed E-state index contributed by atoms with van der Waals surface area (Å²) >= 11 is 0. The van der Waals surface area contributed by atoms with Crippen molar-refractivity contribution >= 4 is 17.7 Å². The maximum atomic E-state index is 12.2. The van der Waals surface area contributed by atoms with Crippen LogP contribution in [0, 0.1) is 0 Å². The number of rotatable bonds is 10. The normalized spacial score (nSPS) is 10.3. The molecule has 26 heavy (non-hydrogen) atoms. The van der Waals surface area contributed by atoms with Crippen molar-refractivity contribution in [3.63, 3.8) is 0 Å². The highest BCUT2D eigenvalue weighted by Crippen LogP contribution is 2.17. The van der Waals surface area contributed by atoms with E-state index in [0.717, 1.165) is 0 Å². The molecule has 0 bridgehead atoms. The van der Waals surface area contributed by atoms with Crippen LogP contribution in [-0.4, -0.2) is 55.4 Å². The smallest absolute Gasteiger partial charge is 0.255 e. The van der Waals surface area contributed by atoms with Gasteiger partial charge in [-0.1, -0.05) is 12.1 Å². The first-order valence-electron chi connectivity index (χ1n) is 8.88. The molecule has 0 saturated carbocycles. The fraction of sp³-hybridized carbons (Fsp3) is 0.526. The first-order chi connectivity index (χ1) is 12.3. The zero-order valence-electron chi connectivity index (χ0n) is 16.0. The van der Waals surface area contributed by atoms with Crippen molar-refractivity contribution in [2.75, 3.05) is 26.7 Å². The number of hydrogen-bond donors (Lipinski definition) is 2. The molecular formula is C19H29N3O4. The third kappa shape index (κ3) is 7.55. The number of carbonyl (C=O) groups excluding carboxylic acids is 3. The lowest BCUT2D eigenvalue weighted by molar-refractivity contribution is -0.134. The van der Waals surface area contributed by atoms with Crippen molar-refractivity contribution in [1.82, 2.24) is 15.5 Å². The van der Waals surface area contributed by atoms with Crippen molar-refractivity contribution in [1.29, 1.82) is 0 Å². The van der Waals surface area contributed by atoms with Gasteiger partial charge in [0.15, 0.2) is 0 Å². The van der Waals surface area contributed by atoms with Crippen LogP contribution in [0.5, 0.6) is 5.75 Å². The Morgan fingerprint density at radius 2 is 1.88 bits per heavy atom. The van der Waals surface area contributed by atoms with E-state index in [-0.39, 0.29) is 36.7 Å². The zero-order valence-corrected chi connectivity index (χ0v) is 16.0. The minimum atomic E-state index is -0.230. The Hall–Kier alpha value is -2.57. The summed E-state index contributed by atoms with van der Waals surface area (Å²) in [4.78, 5) is 37.3. The molecule has 1 aromatic carbocycles. The molecule has 0 fully saturated rings. The summed E-state index contributed by atoms with van der Waals surface area (Å²) in [5, 5.41) is 5.53. The molecule has 0 atom stereocenters. The Kier molecular flexibility index (Phi) is 9.19. The van der Waals surface area contributed by atoms with E-state index in [1.54, 1.807) is 25.2 Å². The molecule has 2 N–H and O–H groups in total. The molecule has 0 aromatic heterocycles. The molecular weight excluding hydrogens is 334 g/mol. The van der Waals surface area contributed by atoms with Gasteiger partial charge in [-0.2, -0.15) is 0 Å². The van der Waals surface area contributed by atoms with Crippen molar-refractivity contribution in [2.45, 2.75) is 39.7 Å². The van der Waals surface area contributed by atoms with Crippen molar-refractivity contribution in [3.05, 3.63) is 29.8 Å². The molecule has 0 aliphatic carbocycles. The van der Waals surface area contributed by atoms with E-state index in [2.05, 4.69) is 10.6 Å². The van der Waals surface area contributed by atoms with Crippen LogP contribution in [0.3, 0.4) is 0 Å². The van der Waals surface area contributed by atoms with Gasteiger partial charge >= 0.3 is 0 Å². The van der Waals surface area contributed by atoms with Crippen LogP contribution >= 0.6 is 0 Å². The van der Waals surface area contributed by atoms with Gasteiger partial charge in [-0.3, -0.25) is 14.4 Å². The monoisotopic (exact) mass is 363 g/mol. The van der Waals surface area contributed by atoms with Crippen LogP contribution in [-0.2, 0) is 9.59 Å². The van der Waals surface area contributed by atoms with Gasteiger partial charge in [0.25, 0.3) is 5.91 Å². The summed E-state index contributed by atoms with van der Waals surface area (Å²) in [6.07, 6.45) is 0.760. The topological polar surface area (TPSA) is 87.7 Å². The average molecular weight is 363 g/mol. The summed E-state index contributed by atoms with van der Waals surface area (Å²) in [7, 11) is 1.60. The van der Waals surface area contributed by atoms with Gasteiger partial charge in [0.05, 0.1) is 18.7 Å². The third-order valence-corrected chi connectivity index (χ3v) is 3.54. The molecule has 0 aliphatic heterocycles. The molecule has 3 amide bonds. The number of benzene rings is 1. The fourth-order valence-electron chi connectivity index (χ4n) is 2.33. The maximum absolute atomic E-state index is 12.2. The van der Waals surface area contributed by atoms with Gasteiger partial charge in [0, 0.05) is 26.1 Å². The highest BCUT2D eigenvalue weighted by atomic mass is 16.5. The number of amides is 3. The van der Waals surface area contributed by atoms with E-state index in [9.17, 15) is 14.4 Å². The largest absolute Gasteiger partial charge is 0.493 e. The van der Waals surface area contributed by atoms with Crippen molar-refractivity contribution in [2.24, 2.45) is 0 Å². The minimum absolute atomic E-state index is 0.0328. The average Bonchev–Trinajstić information content (AvgIpc) is 2.58. The molecule has 7 nitrogen and oxygen atoms in total. The number of para-hydroxylation sites is 1. The molecule has 0 heterocycles. The van der Waals surface area contributed by atoms with Crippen LogP contribution in [0.25, 0.3) is 0 Å². The van der Waals surface area contributed by atoms with Gasteiger partial charge in [-0.25, -0.2) is 0 Å². The number of nitrogens with one attached hydrogen (secondary N) is 2. The predicted molar refractivity (Wildman–Crippen MR) is 100 cm³/mol. The van der Waals surface area contributed by atoms with Crippen LogP contribution in [0.2, 0.25) is 0 Å². The molecule has 0 radical (unpaired) electrons. The van der Waals surface area contributed by atoms with Crippen molar-refractivity contribution in [3.8, 4) is 5.75 Å². The lowest BCUT2D eigenvalue weighted by Crippen LogP contribution is -2.41. The Labute approximate surface area is 155 Å². The van der Waals surface area contributed by atoms with Crippen molar-refractivity contribution < 1.29 is 19.1 Å². The van der Waals surface area contributed by atoms with E-state index in [1.165, 1.54) is 4.90 Å². The summed E-state index contributed by atoms with van der Waals surface area (Å²) in [5.74, 6) is -0.00445. The molecule has 0 saturated heterocycles. The number of carbonyl (C=O) groups is 3.